The minimum atomic E-state index is -1.86. The third-order valence-electron chi connectivity index (χ3n) is 9.90. The summed E-state index contributed by atoms with van der Waals surface area (Å²) in [5, 5.41) is 16.0. The van der Waals surface area contributed by atoms with Crippen LogP contribution in [0, 0.1) is 11.8 Å². The number of imidazole rings is 1. The van der Waals surface area contributed by atoms with Gasteiger partial charge in [-0.05, 0) is 34.0 Å². The van der Waals surface area contributed by atoms with Crippen molar-refractivity contribution >= 4 is 45.7 Å². The number of carbonyl (C=O) groups is 4. The van der Waals surface area contributed by atoms with Crippen LogP contribution in [0.25, 0.3) is 21.9 Å². The van der Waals surface area contributed by atoms with Gasteiger partial charge in [0.05, 0.1) is 30.8 Å². The lowest BCUT2D eigenvalue weighted by Gasteiger charge is -2.31. The summed E-state index contributed by atoms with van der Waals surface area (Å²) >= 11 is 0. The van der Waals surface area contributed by atoms with Crippen LogP contribution >= 0.6 is 0 Å². The molecule has 14 nitrogen and oxygen atoms in total. The number of aryl methyl sites for hydroxylation is 1. The van der Waals surface area contributed by atoms with Gasteiger partial charge in [0.25, 0.3) is 5.56 Å². The summed E-state index contributed by atoms with van der Waals surface area (Å²) in [6.45, 7) is -0.181. The Labute approximate surface area is 278 Å². The van der Waals surface area contributed by atoms with Crippen molar-refractivity contribution in [1.29, 1.82) is 0 Å². The Morgan fingerprint density at radius 3 is 2.33 bits per heavy atom. The average molecular weight is 665 g/mol. The van der Waals surface area contributed by atoms with E-state index in [1.807, 2.05) is 42.5 Å². The van der Waals surface area contributed by atoms with E-state index >= 15 is 0 Å². The summed E-state index contributed by atoms with van der Waals surface area (Å²) in [7, 11) is 4.10. The fourth-order valence-electron chi connectivity index (χ4n) is 7.39. The molecular weight excluding hydrogens is 632 g/mol. The van der Waals surface area contributed by atoms with E-state index in [1.54, 1.807) is 12.1 Å². The van der Waals surface area contributed by atoms with E-state index in [2.05, 4.69) is 10.3 Å². The van der Waals surface area contributed by atoms with Crippen LogP contribution in [-0.2, 0) is 46.2 Å². The van der Waals surface area contributed by atoms with Gasteiger partial charge in [-0.25, -0.2) is 14.6 Å². The zero-order valence-electron chi connectivity index (χ0n) is 26.8. The van der Waals surface area contributed by atoms with Gasteiger partial charge in [0.15, 0.2) is 11.2 Å². The van der Waals surface area contributed by atoms with Gasteiger partial charge in [-0.2, -0.15) is 0 Å². The van der Waals surface area contributed by atoms with Crippen LogP contribution in [0.15, 0.2) is 82.6 Å². The first kappa shape index (κ1) is 31.7. The molecule has 2 amide bonds. The van der Waals surface area contributed by atoms with Gasteiger partial charge in [0.2, 0.25) is 11.8 Å². The van der Waals surface area contributed by atoms with Crippen molar-refractivity contribution in [3.63, 3.8) is 0 Å². The summed E-state index contributed by atoms with van der Waals surface area (Å²) in [6, 6.07) is 18.6. The molecule has 7 rings (SSSR count). The number of carbonyl (C=O) groups excluding carboxylic acids is 3. The van der Waals surface area contributed by atoms with Gasteiger partial charge in [-0.15, -0.1) is 0 Å². The molecule has 250 valence electrons. The Kier molecular flexibility index (Phi) is 7.55. The molecule has 0 bridgehead atoms. The zero-order valence-corrected chi connectivity index (χ0v) is 26.8. The van der Waals surface area contributed by atoms with Crippen LogP contribution in [0.2, 0.25) is 0 Å². The van der Waals surface area contributed by atoms with Crippen LogP contribution in [-0.4, -0.2) is 71.6 Å². The second kappa shape index (κ2) is 11.7. The first-order valence-corrected chi connectivity index (χ1v) is 15.6. The van der Waals surface area contributed by atoms with Gasteiger partial charge in [0.1, 0.15) is 5.54 Å². The number of amides is 2. The lowest BCUT2D eigenvalue weighted by Crippen LogP contribution is -2.57. The van der Waals surface area contributed by atoms with Crippen LogP contribution in [0.3, 0.4) is 0 Å². The monoisotopic (exact) mass is 664 g/mol. The summed E-state index contributed by atoms with van der Waals surface area (Å²) in [4.78, 5) is 84.8. The molecule has 2 N–H and O–H groups in total. The molecule has 4 heterocycles. The number of carboxylic acids is 1. The average Bonchev–Trinajstić information content (AvgIpc) is 3.76. The van der Waals surface area contributed by atoms with Gasteiger partial charge < -0.3 is 14.4 Å². The minimum absolute atomic E-state index is 0.0163. The largest absolute Gasteiger partial charge is 0.480 e. The molecule has 4 unspecified atom stereocenters. The highest BCUT2D eigenvalue weighted by atomic mass is 16.5. The number of aliphatic carboxylic acids is 1. The van der Waals surface area contributed by atoms with Crippen LogP contribution < -0.4 is 16.6 Å². The number of esters is 1. The third-order valence-corrected chi connectivity index (χ3v) is 9.90. The molecule has 2 aliphatic rings. The number of hydrogen-bond acceptors (Lipinski definition) is 9. The van der Waals surface area contributed by atoms with Gasteiger partial charge in [-0.1, -0.05) is 54.6 Å². The predicted molar refractivity (Wildman–Crippen MR) is 176 cm³/mol. The van der Waals surface area contributed by atoms with E-state index in [0.717, 1.165) is 20.2 Å². The second-order valence-corrected chi connectivity index (χ2v) is 12.5. The number of ether oxygens (including phenoxy) is 1. The van der Waals surface area contributed by atoms with Crippen molar-refractivity contribution in [3.05, 3.63) is 111 Å². The molecular formula is C35H32N6O8. The molecule has 2 aromatic heterocycles. The van der Waals surface area contributed by atoms with E-state index in [4.69, 9.17) is 4.74 Å². The van der Waals surface area contributed by atoms with E-state index in [1.165, 1.54) is 48.8 Å². The van der Waals surface area contributed by atoms with Crippen LogP contribution in [0.1, 0.15) is 27.5 Å². The number of benzene rings is 3. The van der Waals surface area contributed by atoms with Gasteiger partial charge in [-0.3, -0.25) is 38.5 Å². The SMILES string of the molecule is COC(=O)c1ccc(C2NC(Cc3ccc4ccccc4c3)(C(=O)O)C3C(=O)N(CCn4cnc5c4c(=O)n(C)c(=O)n5C)C(=O)C23)cc1. The summed E-state index contributed by atoms with van der Waals surface area (Å²) in [5.74, 6) is -5.40. The first-order valence-electron chi connectivity index (χ1n) is 15.6. The molecule has 0 aliphatic carbocycles. The Morgan fingerprint density at radius 1 is 0.918 bits per heavy atom. The normalized spacial score (nSPS) is 21.9. The molecule has 2 aliphatic heterocycles. The number of imide groups is 1. The number of nitrogens with one attached hydrogen (secondary N) is 1. The Balaban J connectivity index is 1.28. The van der Waals surface area contributed by atoms with Crippen molar-refractivity contribution in [2.75, 3.05) is 13.7 Å². The number of carboxylic acid groups (broad SMARTS) is 1. The lowest BCUT2D eigenvalue weighted by molar-refractivity contribution is -0.151. The van der Waals surface area contributed by atoms with Crippen molar-refractivity contribution in [1.82, 2.24) is 28.9 Å². The molecule has 4 atom stereocenters. The number of hydrogen-bond donors (Lipinski definition) is 2. The Morgan fingerprint density at radius 2 is 1.63 bits per heavy atom. The van der Waals surface area contributed by atoms with E-state index in [9.17, 15) is 33.9 Å². The maximum atomic E-state index is 14.3. The standard InChI is InChI=1S/C35H32N6O8/c1-38-28-27(31(44)39(2)34(38)48)40(18-36-28)14-15-41-29(42)24-25(30(41)43)35(33(46)47,17-19-8-9-20-6-4-5-7-23(20)16-19)37-26(24)21-10-12-22(13-11-21)32(45)49-3/h4-13,16,18,24-26,37H,14-15,17H2,1-3H3,(H,46,47). The number of aromatic nitrogens is 4. The second-order valence-electron chi connectivity index (χ2n) is 12.5. The quantitative estimate of drug-likeness (QED) is 0.182. The minimum Gasteiger partial charge on any atom is -0.480 e. The van der Waals surface area contributed by atoms with E-state index in [0.29, 0.717) is 11.1 Å². The maximum Gasteiger partial charge on any atom is 0.337 e. The molecule has 14 heteroatoms. The molecule has 0 spiro atoms. The summed E-state index contributed by atoms with van der Waals surface area (Å²) < 4.78 is 8.47. The number of rotatable bonds is 8. The van der Waals surface area contributed by atoms with Crippen LogP contribution in [0.4, 0.5) is 0 Å². The lowest BCUT2D eigenvalue weighted by atomic mass is 9.76. The topological polar surface area (TPSA) is 175 Å². The predicted octanol–water partition coefficient (Wildman–Crippen LogP) is 1.39. The van der Waals surface area contributed by atoms with Crippen molar-refractivity contribution in [2.45, 2.75) is 24.5 Å². The number of fused-ring (bicyclic) bond motifs is 3. The zero-order chi connectivity index (χ0) is 34.8. The molecule has 0 radical (unpaired) electrons. The van der Waals surface area contributed by atoms with Crippen molar-refractivity contribution in [2.24, 2.45) is 25.9 Å². The summed E-state index contributed by atoms with van der Waals surface area (Å²) in [5.41, 5.74) is -1.24. The highest BCUT2D eigenvalue weighted by molar-refractivity contribution is 6.09. The van der Waals surface area contributed by atoms with Gasteiger partial charge in [0, 0.05) is 39.6 Å². The van der Waals surface area contributed by atoms with E-state index < -0.39 is 58.4 Å². The molecule has 49 heavy (non-hydrogen) atoms. The summed E-state index contributed by atoms with van der Waals surface area (Å²) in [6.07, 6.45) is 1.28. The highest BCUT2D eigenvalue weighted by Crippen LogP contribution is 2.50. The third kappa shape index (κ3) is 4.86. The molecule has 3 aromatic carbocycles. The van der Waals surface area contributed by atoms with Crippen molar-refractivity contribution < 1.29 is 29.0 Å². The Bertz CT molecular complexity index is 2320. The van der Waals surface area contributed by atoms with Crippen molar-refractivity contribution in [3.8, 4) is 0 Å². The highest BCUT2D eigenvalue weighted by Gasteiger charge is 2.68. The number of methoxy groups -OCH3 is 1. The van der Waals surface area contributed by atoms with Gasteiger partial charge >= 0.3 is 17.6 Å². The van der Waals surface area contributed by atoms with E-state index in [-0.39, 0.29) is 36.2 Å². The smallest absolute Gasteiger partial charge is 0.337 e. The Hall–Kier alpha value is -5.89. The molecule has 5 aromatic rings. The first-order chi connectivity index (χ1) is 23.5. The number of likely N-dealkylation sites (tertiary alicyclic amines) is 1. The molecule has 2 saturated heterocycles. The number of nitrogens with zero attached hydrogens (tertiary/aromatic N) is 5. The van der Waals surface area contributed by atoms with Crippen LogP contribution in [0.5, 0.6) is 0 Å². The fourth-order valence-corrected chi connectivity index (χ4v) is 7.39. The molecule has 2 fully saturated rings. The molecule has 0 saturated carbocycles. The maximum absolute atomic E-state index is 14.3. The fraction of sp³-hybridized carbons (Fsp3) is 0.286.